The lowest BCUT2D eigenvalue weighted by molar-refractivity contribution is -0.125. The van der Waals surface area contributed by atoms with Crippen molar-refractivity contribution in [3.8, 4) is 5.75 Å². The average molecular weight is 356 g/mol. The highest BCUT2D eigenvalue weighted by molar-refractivity contribution is 7.80. The largest absolute Gasteiger partial charge is 0.492 e. The molecule has 0 atom stereocenters. The number of hydrogen-bond acceptors (Lipinski definition) is 4. The summed E-state index contributed by atoms with van der Waals surface area (Å²) in [6.07, 6.45) is 3.34. The van der Waals surface area contributed by atoms with Crippen LogP contribution in [0.2, 0.25) is 0 Å². The number of nitrogens with zero attached hydrogens (tertiary/aromatic N) is 1. The minimum absolute atomic E-state index is 0.0813. The average Bonchev–Trinajstić information content (AvgIpc) is 2.66. The van der Waals surface area contributed by atoms with Crippen molar-refractivity contribution >= 4 is 29.2 Å². The third-order valence-electron chi connectivity index (χ3n) is 3.51. The Balaban J connectivity index is 1.77. The Morgan fingerprint density at radius 1 is 1.20 bits per heavy atom. The molecule has 0 aliphatic rings. The fourth-order valence-electron chi connectivity index (χ4n) is 2.04. The molecule has 0 saturated heterocycles. The van der Waals surface area contributed by atoms with Crippen molar-refractivity contribution in [2.45, 2.75) is 0 Å². The van der Waals surface area contributed by atoms with E-state index in [4.69, 9.17) is 22.2 Å². The van der Waals surface area contributed by atoms with E-state index in [0.29, 0.717) is 24.5 Å². The van der Waals surface area contributed by atoms with Crippen LogP contribution in [0.5, 0.6) is 5.75 Å². The van der Waals surface area contributed by atoms with Crippen LogP contribution in [0.3, 0.4) is 0 Å². The quantitative estimate of drug-likeness (QED) is 0.454. The van der Waals surface area contributed by atoms with Gasteiger partial charge >= 0.3 is 0 Å². The van der Waals surface area contributed by atoms with Crippen LogP contribution in [0.1, 0.15) is 11.1 Å². The topological polar surface area (TPSA) is 61.8 Å². The van der Waals surface area contributed by atoms with Crippen LogP contribution in [-0.4, -0.2) is 41.2 Å². The van der Waals surface area contributed by atoms with E-state index in [1.165, 1.54) is 0 Å². The van der Waals surface area contributed by atoms with Crippen molar-refractivity contribution in [2.24, 2.45) is 0 Å². The van der Waals surface area contributed by atoms with E-state index in [0.717, 1.165) is 5.56 Å². The summed E-state index contributed by atoms with van der Waals surface area (Å²) in [5, 5.41) is 8.76. The van der Waals surface area contributed by atoms with Gasteiger partial charge in [-0.2, -0.15) is 0 Å². The lowest BCUT2D eigenvalue weighted by Gasteiger charge is -2.15. The molecular weight excluding hydrogens is 336 g/mol. The summed E-state index contributed by atoms with van der Waals surface area (Å²) in [6.45, 7) is 0.847. The molecule has 2 aromatic carbocycles. The molecular formula is C19H20N2O3S. The fourth-order valence-corrected chi connectivity index (χ4v) is 2.17. The molecule has 2 N–H and O–H groups in total. The summed E-state index contributed by atoms with van der Waals surface area (Å²) < 4.78 is 5.61. The summed E-state index contributed by atoms with van der Waals surface area (Å²) >= 11 is 4.92. The highest BCUT2D eigenvalue weighted by Gasteiger charge is 2.05. The molecule has 0 fully saturated rings. The van der Waals surface area contributed by atoms with Crippen LogP contribution in [-0.2, 0) is 4.79 Å². The maximum Gasteiger partial charge on any atom is 0.246 e. The molecule has 0 aromatic heterocycles. The van der Waals surface area contributed by atoms with Crippen molar-refractivity contribution in [3.63, 3.8) is 0 Å². The maximum atomic E-state index is 12.1. The molecule has 0 spiro atoms. The Kier molecular flexibility index (Phi) is 7.13. The molecule has 0 bridgehead atoms. The van der Waals surface area contributed by atoms with Crippen molar-refractivity contribution in [3.05, 3.63) is 71.8 Å². The minimum atomic E-state index is -0.0813. The number of likely N-dealkylation sites (N-methyl/N-ethyl adjacent to an activating group) is 1. The molecule has 0 aliphatic carbocycles. The predicted molar refractivity (Wildman–Crippen MR) is 102 cm³/mol. The van der Waals surface area contributed by atoms with E-state index >= 15 is 0 Å². The number of benzene rings is 2. The first-order chi connectivity index (χ1) is 12.1. The molecule has 1 amide bonds. The number of nitrogens with one attached hydrogen (secondary N) is 1. The second-order valence-corrected chi connectivity index (χ2v) is 5.73. The number of carbonyl (C=O) groups is 1. The first-order valence-electron chi connectivity index (χ1n) is 7.75. The smallest absolute Gasteiger partial charge is 0.246 e. The number of hydrogen-bond donors (Lipinski definition) is 2. The number of carbonyl (C=O) groups excluding carboxylic acids is 1. The van der Waals surface area contributed by atoms with Gasteiger partial charge in [0.2, 0.25) is 5.91 Å². The zero-order valence-corrected chi connectivity index (χ0v) is 14.7. The van der Waals surface area contributed by atoms with Crippen molar-refractivity contribution in [1.29, 1.82) is 0 Å². The third-order valence-corrected chi connectivity index (χ3v) is 3.83. The lowest BCUT2D eigenvalue weighted by atomic mass is 10.2. The molecule has 2 rings (SSSR count). The normalized spacial score (nSPS) is 10.5. The Bertz CT molecular complexity index is 730. The van der Waals surface area contributed by atoms with Gasteiger partial charge in [-0.1, -0.05) is 42.5 Å². The second kappa shape index (κ2) is 9.56. The molecule has 0 radical (unpaired) electrons. The third kappa shape index (κ3) is 6.02. The lowest BCUT2D eigenvalue weighted by Crippen LogP contribution is -2.29. The first-order valence-corrected chi connectivity index (χ1v) is 8.16. The van der Waals surface area contributed by atoms with Gasteiger partial charge in [-0.05, 0) is 35.9 Å². The Morgan fingerprint density at radius 2 is 1.88 bits per heavy atom. The van der Waals surface area contributed by atoms with Gasteiger partial charge in [0.05, 0.1) is 6.54 Å². The maximum absolute atomic E-state index is 12.1. The van der Waals surface area contributed by atoms with E-state index in [1.807, 2.05) is 35.8 Å². The number of hydroxylamine groups is 1. The van der Waals surface area contributed by atoms with Gasteiger partial charge < -0.3 is 9.64 Å². The summed E-state index contributed by atoms with van der Waals surface area (Å²) in [6, 6.07) is 16.7. The molecule has 0 unspecified atom stereocenters. The molecule has 0 saturated carbocycles. The van der Waals surface area contributed by atoms with E-state index in [9.17, 15) is 4.79 Å². The van der Waals surface area contributed by atoms with Gasteiger partial charge in [-0.25, -0.2) is 0 Å². The number of amides is 1. The van der Waals surface area contributed by atoms with Crippen LogP contribution >= 0.6 is 12.2 Å². The number of rotatable bonds is 7. The number of ether oxygens (including phenoxy) is 1. The minimum Gasteiger partial charge on any atom is -0.492 e. The fraction of sp³-hybridized carbons (Fsp3) is 0.158. The highest BCUT2D eigenvalue weighted by Crippen LogP contribution is 2.12. The van der Waals surface area contributed by atoms with E-state index < -0.39 is 0 Å². The molecule has 0 aliphatic heterocycles. The molecule has 0 heterocycles. The van der Waals surface area contributed by atoms with Gasteiger partial charge in [0.25, 0.3) is 0 Å². The van der Waals surface area contributed by atoms with Crippen molar-refractivity contribution < 1.29 is 14.7 Å². The first kappa shape index (κ1) is 18.6. The van der Waals surface area contributed by atoms with E-state index in [-0.39, 0.29) is 10.9 Å². The standard InChI is InChI=1S/C19H20N2O3S/c1-21(18(22)12-7-15-5-3-2-4-6-15)13-14-24-17-10-8-16(9-11-17)19(25)20-23/h2-12,23H,13-14H2,1H3,(H,20,25)/b12-7+. The summed E-state index contributed by atoms with van der Waals surface area (Å²) in [5.41, 5.74) is 3.61. The Labute approximate surface area is 152 Å². The molecule has 6 heteroatoms. The van der Waals surface area contributed by atoms with E-state index in [2.05, 4.69) is 0 Å². The zero-order valence-electron chi connectivity index (χ0n) is 13.9. The van der Waals surface area contributed by atoms with Crippen LogP contribution in [0.15, 0.2) is 60.7 Å². The number of thiocarbonyl (C=S) groups is 1. The molecule has 2 aromatic rings. The van der Waals surface area contributed by atoms with Gasteiger partial charge in [0.15, 0.2) is 0 Å². The highest BCUT2D eigenvalue weighted by atomic mass is 32.1. The van der Waals surface area contributed by atoms with Crippen molar-refractivity contribution in [1.82, 2.24) is 10.4 Å². The monoisotopic (exact) mass is 356 g/mol. The van der Waals surface area contributed by atoms with Crippen molar-refractivity contribution in [2.75, 3.05) is 20.2 Å². The summed E-state index contributed by atoms with van der Waals surface area (Å²) in [4.78, 5) is 13.9. The van der Waals surface area contributed by atoms with Crippen LogP contribution in [0.25, 0.3) is 6.08 Å². The molecule has 25 heavy (non-hydrogen) atoms. The van der Waals surface area contributed by atoms with Gasteiger partial charge in [0.1, 0.15) is 17.3 Å². The van der Waals surface area contributed by atoms with Crippen LogP contribution < -0.4 is 10.2 Å². The summed E-state index contributed by atoms with van der Waals surface area (Å²) in [7, 11) is 1.73. The van der Waals surface area contributed by atoms with E-state index in [1.54, 1.807) is 48.4 Å². The van der Waals surface area contributed by atoms with Crippen LogP contribution in [0, 0.1) is 0 Å². The molecule has 130 valence electrons. The second-order valence-electron chi connectivity index (χ2n) is 5.32. The van der Waals surface area contributed by atoms with Crippen LogP contribution in [0.4, 0.5) is 0 Å². The Hall–Kier alpha value is -2.70. The SMILES string of the molecule is CN(CCOc1ccc(C(=S)NO)cc1)C(=O)/C=C/c1ccccc1. The predicted octanol–water partition coefficient (Wildman–Crippen LogP) is 2.89. The summed E-state index contributed by atoms with van der Waals surface area (Å²) in [5.74, 6) is 0.590. The van der Waals surface area contributed by atoms with Gasteiger partial charge in [-0.15, -0.1) is 0 Å². The van der Waals surface area contributed by atoms with Gasteiger partial charge in [-0.3, -0.25) is 15.5 Å². The molecule has 5 nitrogen and oxygen atoms in total. The Morgan fingerprint density at radius 3 is 2.52 bits per heavy atom. The van der Waals surface area contributed by atoms with Gasteiger partial charge in [0, 0.05) is 18.7 Å². The zero-order chi connectivity index (χ0) is 18.1.